The van der Waals surface area contributed by atoms with Crippen LogP contribution < -0.4 is 10.2 Å². The standard InChI is InChI=1S/C15H18N2O3/c18-14(7-10-5-6-16-9-10)17-12-4-2-1-3-11(12)8-13(17)15(19)20/h1-4,10,13,16H,5-9H2,(H,19,20)/t10?,13-/m0/s1. The maximum absolute atomic E-state index is 12.5. The second kappa shape index (κ2) is 5.25. The number of benzene rings is 1. The molecule has 0 aromatic heterocycles. The second-order valence-corrected chi connectivity index (χ2v) is 5.51. The number of anilines is 1. The van der Waals surface area contributed by atoms with E-state index >= 15 is 0 Å². The number of nitrogens with zero attached hydrogens (tertiary/aromatic N) is 1. The van der Waals surface area contributed by atoms with Crippen LogP contribution in [0.1, 0.15) is 18.4 Å². The third-order valence-corrected chi connectivity index (χ3v) is 4.16. The Hall–Kier alpha value is -1.88. The van der Waals surface area contributed by atoms with Crippen LogP contribution in [0.3, 0.4) is 0 Å². The number of para-hydroxylation sites is 1. The Kier molecular flexibility index (Phi) is 3.44. The Balaban J connectivity index is 1.84. The molecule has 1 fully saturated rings. The molecule has 1 saturated heterocycles. The third kappa shape index (κ3) is 2.29. The van der Waals surface area contributed by atoms with Crippen LogP contribution in [0, 0.1) is 5.92 Å². The summed E-state index contributed by atoms with van der Waals surface area (Å²) in [5.74, 6) is -0.681. The summed E-state index contributed by atoms with van der Waals surface area (Å²) in [6.07, 6.45) is 1.81. The van der Waals surface area contributed by atoms with E-state index < -0.39 is 12.0 Å². The fraction of sp³-hybridized carbons (Fsp3) is 0.467. The Morgan fingerprint density at radius 3 is 2.85 bits per heavy atom. The summed E-state index contributed by atoms with van der Waals surface area (Å²) in [5.41, 5.74) is 1.70. The average Bonchev–Trinajstić information content (AvgIpc) is 3.04. The Labute approximate surface area is 117 Å². The number of amides is 1. The summed E-state index contributed by atoms with van der Waals surface area (Å²) in [7, 11) is 0. The van der Waals surface area contributed by atoms with Gasteiger partial charge in [-0.1, -0.05) is 18.2 Å². The highest BCUT2D eigenvalue weighted by Crippen LogP contribution is 2.33. The number of carboxylic acids is 1. The molecule has 3 rings (SSSR count). The lowest BCUT2D eigenvalue weighted by Gasteiger charge is -2.24. The zero-order valence-electron chi connectivity index (χ0n) is 11.2. The van der Waals surface area contributed by atoms with Gasteiger partial charge in [0.25, 0.3) is 0 Å². The van der Waals surface area contributed by atoms with Crippen molar-refractivity contribution in [3.8, 4) is 0 Å². The quantitative estimate of drug-likeness (QED) is 0.863. The number of rotatable bonds is 3. The maximum atomic E-state index is 12.5. The van der Waals surface area contributed by atoms with Crippen LogP contribution in [0.15, 0.2) is 24.3 Å². The molecule has 0 aliphatic carbocycles. The van der Waals surface area contributed by atoms with E-state index in [4.69, 9.17) is 0 Å². The van der Waals surface area contributed by atoms with Crippen molar-refractivity contribution >= 4 is 17.6 Å². The van der Waals surface area contributed by atoms with E-state index in [1.54, 1.807) is 0 Å². The molecule has 106 valence electrons. The molecule has 1 unspecified atom stereocenters. The molecule has 1 amide bonds. The van der Waals surface area contributed by atoms with Gasteiger partial charge in [0.15, 0.2) is 0 Å². The first-order chi connectivity index (χ1) is 9.66. The minimum atomic E-state index is -0.931. The molecule has 5 nitrogen and oxygen atoms in total. The molecule has 2 aliphatic heterocycles. The summed E-state index contributed by atoms with van der Waals surface area (Å²) >= 11 is 0. The molecule has 1 aromatic rings. The monoisotopic (exact) mass is 274 g/mol. The van der Waals surface area contributed by atoms with E-state index in [1.807, 2.05) is 24.3 Å². The van der Waals surface area contributed by atoms with Gasteiger partial charge < -0.3 is 10.4 Å². The first kappa shape index (κ1) is 13.1. The highest BCUT2D eigenvalue weighted by molar-refractivity contribution is 6.02. The number of aliphatic carboxylic acids is 1. The predicted octanol–water partition coefficient (Wildman–Crippen LogP) is 1.03. The van der Waals surface area contributed by atoms with E-state index in [1.165, 1.54) is 4.90 Å². The van der Waals surface area contributed by atoms with Crippen LogP contribution in [0.2, 0.25) is 0 Å². The first-order valence-corrected chi connectivity index (χ1v) is 7.00. The first-order valence-electron chi connectivity index (χ1n) is 7.00. The lowest BCUT2D eigenvalue weighted by Crippen LogP contribution is -2.43. The third-order valence-electron chi connectivity index (χ3n) is 4.16. The molecular formula is C15H18N2O3. The van der Waals surface area contributed by atoms with Crippen LogP contribution in [-0.4, -0.2) is 36.1 Å². The number of carbonyl (C=O) groups is 2. The molecule has 1 aromatic carbocycles. The van der Waals surface area contributed by atoms with Gasteiger partial charge in [-0.15, -0.1) is 0 Å². The molecule has 2 aliphatic rings. The molecule has 2 atom stereocenters. The van der Waals surface area contributed by atoms with E-state index in [2.05, 4.69) is 5.32 Å². The van der Waals surface area contributed by atoms with Crippen molar-refractivity contribution in [2.75, 3.05) is 18.0 Å². The van der Waals surface area contributed by atoms with Gasteiger partial charge in [0.2, 0.25) is 5.91 Å². The summed E-state index contributed by atoms with van der Waals surface area (Å²) in [6.45, 7) is 1.79. The highest BCUT2D eigenvalue weighted by Gasteiger charge is 2.38. The van der Waals surface area contributed by atoms with Crippen molar-refractivity contribution in [2.24, 2.45) is 5.92 Å². The maximum Gasteiger partial charge on any atom is 0.327 e. The number of fused-ring (bicyclic) bond motifs is 1. The number of nitrogens with one attached hydrogen (secondary N) is 1. The van der Waals surface area contributed by atoms with Gasteiger partial charge in [0.05, 0.1) is 0 Å². The van der Waals surface area contributed by atoms with Gasteiger partial charge in [-0.05, 0) is 37.1 Å². The second-order valence-electron chi connectivity index (χ2n) is 5.51. The van der Waals surface area contributed by atoms with Gasteiger partial charge in [-0.25, -0.2) is 4.79 Å². The van der Waals surface area contributed by atoms with Gasteiger partial charge in [0.1, 0.15) is 6.04 Å². The van der Waals surface area contributed by atoms with Crippen molar-refractivity contribution in [2.45, 2.75) is 25.3 Å². The van der Waals surface area contributed by atoms with Crippen molar-refractivity contribution in [3.63, 3.8) is 0 Å². The van der Waals surface area contributed by atoms with E-state index in [9.17, 15) is 14.7 Å². The minimum Gasteiger partial charge on any atom is -0.480 e. The summed E-state index contributed by atoms with van der Waals surface area (Å²) in [6, 6.07) is 6.71. The number of carboxylic acid groups (broad SMARTS) is 1. The van der Waals surface area contributed by atoms with Gasteiger partial charge >= 0.3 is 5.97 Å². The Morgan fingerprint density at radius 1 is 1.35 bits per heavy atom. The molecule has 2 heterocycles. The number of hydrogen-bond acceptors (Lipinski definition) is 3. The fourth-order valence-corrected chi connectivity index (χ4v) is 3.13. The molecule has 0 bridgehead atoms. The van der Waals surface area contributed by atoms with E-state index in [0.29, 0.717) is 18.8 Å². The molecular weight excluding hydrogens is 256 g/mol. The Morgan fingerprint density at radius 2 is 2.15 bits per heavy atom. The van der Waals surface area contributed by atoms with Crippen LogP contribution >= 0.6 is 0 Å². The van der Waals surface area contributed by atoms with E-state index in [0.717, 1.165) is 30.8 Å². The smallest absolute Gasteiger partial charge is 0.327 e. The van der Waals surface area contributed by atoms with Gasteiger partial charge in [-0.3, -0.25) is 9.69 Å². The SMILES string of the molecule is O=C(O)[C@@H]1Cc2ccccc2N1C(=O)CC1CCNC1. The van der Waals surface area contributed by atoms with Gasteiger partial charge in [-0.2, -0.15) is 0 Å². The van der Waals surface area contributed by atoms with Crippen molar-refractivity contribution in [1.29, 1.82) is 0 Å². The zero-order valence-corrected chi connectivity index (χ0v) is 11.2. The Bertz CT molecular complexity index is 538. The largest absolute Gasteiger partial charge is 0.480 e. The molecule has 0 saturated carbocycles. The van der Waals surface area contributed by atoms with Gasteiger partial charge in [0, 0.05) is 18.5 Å². The number of carbonyl (C=O) groups excluding carboxylic acids is 1. The minimum absolute atomic E-state index is 0.0731. The molecule has 0 radical (unpaired) electrons. The summed E-state index contributed by atoms with van der Waals surface area (Å²) < 4.78 is 0. The van der Waals surface area contributed by atoms with E-state index in [-0.39, 0.29) is 5.91 Å². The lowest BCUT2D eigenvalue weighted by molar-refractivity contribution is -0.140. The fourth-order valence-electron chi connectivity index (χ4n) is 3.13. The normalized spacial score (nSPS) is 24.7. The van der Waals surface area contributed by atoms with Crippen molar-refractivity contribution < 1.29 is 14.7 Å². The predicted molar refractivity (Wildman–Crippen MR) is 74.6 cm³/mol. The van der Waals surface area contributed by atoms with Crippen LogP contribution in [-0.2, 0) is 16.0 Å². The summed E-state index contributed by atoms with van der Waals surface area (Å²) in [5, 5.41) is 12.6. The number of hydrogen-bond donors (Lipinski definition) is 2. The van der Waals surface area contributed by atoms with Crippen LogP contribution in [0.5, 0.6) is 0 Å². The molecule has 5 heteroatoms. The topological polar surface area (TPSA) is 69.6 Å². The highest BCUT2D eigenvalue weighted by atomic mass is 16.4. The molecule has 0 spiro atoms. The van der Waals surface area contributed by atoms with Crippen LogP contribution in [0.25, 0.3) is 0 Å². The van der Waals surface area contributed by atoms with Crippen molar-refractivity contribution in [1.82, 2.24) is 5.32 Å². The van der Waals surface area contributed by atoms with Crippen LogP contribution in [0.4, 0.5) is 5.69 Å². The molecule has 2 N–H and O–H groups in total. The lowest BCUT2D eigenvalue weighted by atomic mass is 10.0. The van der Waals surface area contributed by atoms with Crippen molar-refractivity contribution in [3.05, 3.63) is 29.8 Å². The summed E-state index contributed by atoms with van der Waals surface area (Å²) in [4.78, 5) is 25.4. The average molecular weight is 274 g/mol. The zero-order chi connectivity index (χ0) is 14.1. The molecule has 20 heavy (non-hydrogen) atoms.